The summed E-state index contributed by atoms with van der Waals surface area (Å²) in [6.07, 6.45) is 0. The van der Waals surface area contributed by atoms with Crippen LogP contribution in [0.2, 0.25) is 5.02 Å². The van der Waals surface area contributed by atoms with E-state index in [-0.39, 0.29) is 6.54 Å². The molecule has 2 aromatic rings. The molecule has 1 aromatic carbocycles. The lowest BCUT2D eigenvalue weighted by Crippen LogP contribution is -2.41. The normalized spacial score (nSPS) is 19.9. The Kier molecular flexibility index (Phi) is 4.53. The second-order valence-electron chi connectivity index (χ2n) is 5.93. The SMILES string of the molecule is Cc1ccc(Cl)cc1NC(=O)CN1C(=O)NC(C)(c2cccs2)C1=O. The van der Waals surface area contributed by atoms with Gasteiger partial charge in [-0.2, -0.15) is 0 Å². The van der Waals surface area contributed by atoms with Gasteiger partial charge in [-0.3, -0.25) is 14.5 Å². The van der Waals surface area contributed by atoms with Crippen LogP contribution in [-0.2, 0) is 15.1 Å². The number of rotatable bonds is 4. The number of nitrogens with one attached hydrogen (secondary N) is 2. The Hall–Kier alpha value is -2.38. The lowest BCUT2D eigenvalue weighted by atomic mass is 10.0. The Labute approximate surface area is 153 Å². The van der Waals surface area contributed by atoms with Crippen molar-refractivity contribution >= 4 is 46.5 Å². The summed E-state index contributed by atoms with van der Waals surface area (Å²) >= 11 is 7.31. The maximum absolute atomic E-state index is 12.7. The van der Waals surface area contributed by atoms with Crippen LogP contribution in [0.1, 0.15) is 17.4 Å². The number of thiophene rings is 1. The Balaban J connectivity index is 1.74. The first-order chi connectivity index (χ1) is 11.8. The monoisotopic (exact) mass is 377 g/mol. The third kappa shape index (κ3) is 3.25. The van der Waals surface area contributed by atoms with Gasteiger partial charge in [-0.25, -0.2) is 4.79 Å². The first-order valence-corrected chi connectivity index (χ1v) is 8.81. The van der Waals surface area contributed by atoms with E-state index >= 15 is 0 Å². The molecule has 6 nitrogen and oxygen atoms in total. The van der Waals surface area contributed by atoms with E-state index in [0.717, 1.165) is 15.3 Å². The number of carbonyl (C=O) groups excluding carboxylic acids is 3. The molecule has 3 rings (SSSR count). The first-order valence-electron chi connectivity index (χ1n) is 7.55. The number of urea groups is 1. The molecule has 0 saturated carbocycles. The van der Waals surface area contributed by atoms with Crippen LogP contribution in [0.15, 0.2) is 35.7 Å². The molecule has 0 bridgehead atoms. The van der Waals surface area contributed by atoms with Gasteiger partial charge in [-0.15, -0.1) is 11.3 Å². The molecule has 2 heterocycles. The van der Waals surface area contributed by atoms with Gasteiger partial charge in [0.05, 0.1) is 0 Å². The summed E-state index contributed by atoms with van der Waals surface area (Å²) in [7, 11) is 0. The number of hydrogen-bond donors (Lipinski definition) is 2. The summed E-state index contributed by atoms with van der Waals surface area (Å²) in [5.41, 5.74) is 0.237. The van der Waals surface area contributed by atoms with Gasteiger partial charge < -0.3 is 10.6 Å². The van der Waals surface area contributed by atoms with Crippen LogP contribution in [0.3, 0.4) is 0 Å². The lowest BCUT2D eigenvalue weighted by Gasteiger charge is -2.20. The van der Waals surface area contributed by atoms with Gasteiger partial charge in [0.1, 0.15) is 6.54 Å². The molecule has 0 spiro atoms. The van der Waals surface area contributed by atoms with Crippen molar-refractivity contribution in [1.29, 1.82) is 0 Å². The maximum atomic E-state index is 12.7. The molecule has 4 amide bonds. The van der Waals surface area contributed by atoms with Gasteiger partial charge in [0.2, 0.25) is 5.91 Å². The Bertz CT molecular complexity index is 853. The van der Waals surface area contributed by atoms with E-state index in [9.17, 15) is 14.4 Å². The van der Waals surface area contributed by atoms with Crippen LogP contribution in [0.4, 0.5) is 10.5 Å². The topological polar surface area (TPSA) is 78.5 Å². The van der Waals surface area contributed by atoms with Gasteiger partial charge in [-0.1, -0.05) is 23.7 Å². The van der Waals surface area contributed by atoms with Gasteiger partial charge in [0, 0.05) is 15.6 Å². The predicted octanol–water partition coefficient (Wildman–Crippen LogP) is 3.12. The minimum Gasteiger partial charge on any atom is -0.324 e. The minimum atomic E-state index is -1.14. The summed E-state index contributed by atoms with van der Waals surface area (Å²) < 4.78 is 0. The highest BCUT2D eigenvalue weighted by Gasteiger charge is 2.50. The number of nitrogens with zero attached hydrogens (tertiary/aromatic N) is 1. The van der Waals surface area contributed by atoms with Crippen LogP contribution in [0, 0.1) is 6.92 Å². The molecule has 0 radical (unpaired) electrons. The third-order valence-electron chi connectivity index (χ3n) is 4.06. The fraction of sp³-hybridized carbons (Fsp3) is 0.235. The van der Waals surface area contributed by atoms with Crippen LogP contribution >= 0.6 is 22.9 Å². The van der Waals surface area contributed by atoms with Gasteiger partial charge in [0.15, 0.2) is 5.54 Å². The zero-order valence-electron chi connectivity index (χ0n) is 13.6. The van der Waals surface area contributed by atoms with E-state index in [1.54, 1.807) is 31.2 Å². The molecule has 8 heteroatoms. The van der Waals surface area contributed by atoms with Crippen LogP contribution in [-0.4, -0.2) is 29.3 Å². The molecule has 1 aromatic heterocycles. The van der Waals surface area contributed by atoms with Crippen molar-refractivity contribution in [3.63, 3.8) is 0 Å². The summed E-state index contributed by atoms with van der Waals surface area (Å²) in [6, 6.07) is 8.12. The molecule has 1 fully saturated rings. The number of benzene rings is 1. The van der Waals surface area contributed by atoms with Crippen LogP contribution in [0.25, 0.3) is 0 Å². The summed E-state index contributed by atoms with van der Waals surface area (Å²) in [5, 5.41) is 7.67. The molecule has 0 aliphatic carbocycles. The van der Waals surface area contributed by atoms with Crippen molar-refractivity contribution < 1.29 is 14.4 Å². The second-order valence-corrected chi connectivity index (χ2v) is 7.32. The number of anilines is 1. The van der Waals surface area contributed by atoms with Crippen molar-refractivity contribution in [3.8, 4) is 0 Å². The largest absolute Gasteiger partial charge is 0.325 e. The van der Waals surface area contributed by atoms with Crippen molar-refractivity contribution in [2.45, 2.75) is 19.4 Å². The molecular formula is C17H16ClN3O3S. The zero-order chi connectivity index (χ0) is 18.2. The van der Waals surface area contributed by atoms with Crippen molar-refractivity contribution in [3.05, 3.63) is 51.2 Å². The Morgan fingerprint density at radius 1 is 1.36 bits per heavy atom. The molecule has 1 unspecified atom stereocenters. The van der Waals surface area contributed by atoms with Gasteiger partial charge in [-0.05, 0) is 43.0 Å². The molecule has 1 aliphatic rings. The number of hydrogen-bond acceptors (Lipinski definition) is 4. The highest BCUT2D eigenvalue weighted by Crippen LogP contribution is 2.31. The number of aryl methyl sites for hydroxylation is 1. The molecule has 130 valence electrons. The van der Waals surface area contributed by atoms with Crippen LogP contribution < -0.4 is 10.6 Å². The maximum Gasteiger partial charge on any atom is 0.325 e. The molecule has 1 saturated heterocycles. The van der Waals surface area contributed by atoms with E-state index in [2.05, 4.69) is 10.6 Å². The van der Waals surface area contributed by atoms with Gasteiger partial charge >= 0.3 is 6.03 Å². The zero-order valence-corrected chi connectivity index (χ0v) is 15.2. The standard InChI is InChI=1S/C17H16ClN3O3S/c1-10-5-6-11(18)8-12(10)19-14(22)9-21-15(23)17(2,20-16(21)24)13-4-3-7-25-13/h3-8H,9H2,1-2H3,(H,19,22)(H,20,24). The summed E-state index contributed by atoms with van der Waals surface area (Å²) in [5.74, 6) is -0.915. The first kappa shape index (κ1) is 17.4. The third-order valence-corrected chi connectivity index (χ3v) is 5.39. The van der Waals surface area contributed by atoms with E-state index in [0.29, 0.717) is 10.7 Å². The number of amides is 4. The van der Waals surface area contributed by atoms with Crippen molar-refractivity contribution in [1.82, 2.24) is 10.2 Å². The predicted molar refractivity (Wildman–Crippen MR) is 96.7 cm³/mol. The average Bonchev–Trinajstić information content (AvgIpc) is 3.16. The highest BCUT2D eigenvalue weighted by atomic mass is 35.5. The lowest BCUT2D eigenvalue weighted by molar-refractivity contribution is -0.133. The minimum absolute atomic E-state index is 0.364. The second kappa shape index (κ2) is 6.50. The fourth-order valence-electron chi connectivity index (χ4n) is 2.63. The quantitative estimate of drug-likeness (QED) is 0.803. The smallest absolute Gasteiger partial charge is 0.324 e. The molecule has 1 atom stereocenters. The molecular weight excluding hydrogens is 362 g/mol. The molecule has 1 aliphatic heterocycles. The number of halogens is 1. The van der Waals surface area contributed by atoms with Crippen LogP contribution in [0.5, 0.6) is 0 Å². The van der Waals surface area contributed by atoms with E-state index in [1.807, 2.05) is 18.4 Å². The van der Waals surface area contributed by atoms with Crippen molar-refractivity contribution in [2.75, 3.05) is 11.9 Å². The van der Waals surface area contributed by atoms with Gasteiger partial charge in [0.25, 0.3) is 5.91 Å². The van der Waals surface area contributed by atoms with E-state index < -0.39 is 23.4 Å². The molecule has 2 N–H and O–H groups in total. The van der Waals surface area contributed by atoms with E-state index in [1.165, 1.54) is 11.3 Å². The highest BCUT2D eigenvalue weighted by molar-refractivity contribution is 7.10. The van der Waals surface area contributed by atoms with Crippen molar-refractivity contribution in [2.24, 2.45) is 0 Å². The Morgan fingerprint density at radius 3 is 2.80 bits per heavy atom. The summed E-state index contributed by atoms with van der Waals surface area (Å²) in [6.45, 7) is 3.10. The number of carbonyl (C=O) groups is 3. The number of imide groups is 1. The van der Waals surface area contributed by atoms with E-state index in [4.69, 9.17) is 11.6 Å². The molecule has 25 heavy (non-hydrogen) atoms. The Morgan fingerprint density at radius 2 is 2.12 bits per heavy atom. The average molecular weight is 378 g/mol. The fourth-order valence-corrected chi connectivity index (χ4v) is 3.64. The summed E-state index contributed by atoms with van der Waals surface area (Å²) in [4.78, 5) is 38.8.